The molecule has 0 aliphatic rings. The van der Waals surface area contributed by atoms with E-state index in [-0.39, 0.29) is 18.4 Å². The molecule has 0 aromatic heterocycles. The van der Waals surface area contributed by atoms with Crippen molar-refractivity contribution in [3.05, 3.63) is 0 Å². The van der Waals surface area contributed by atoms with E-state index in [9.17, 15) is 9.59 Å². The minimum Gasteiger partial charge on any atom is -0.385 e. The van der Waals surface area contributed by atoms with Crippen LogP contribution < -0.4 is 16.4 Å². The Balaban J connectivity index is 3.71. The number of carbonyl (C=O) groups excluding carboxylic acids is 2. The molecular formula is C11H23N3O3. The van der Waals surface area contributed by atoms with E-state index in [2.05, 4.69) is 10.6 Å². The van der Waals surface area contributed by atoms with E-state index in [1.807, 2.05) is 13.8 Å². The topological polar surface area (TPSA) is 93.4 Å². The van der Waals surface area contributed by atoms with Crippen LogP contribution in [0.1, 0.15) is 20.3 Å². The van der Waals surface area contributed by atoms with Gasteiger partial charge in [-0.05, 0) is 12.3 Å². The van der Waals surface area contributed by atoms with E-state index in [0.29, 0.717) is 25.5 Å². The number of hydrogen-bond acceptors (Lipinski definition) is 4. The molecule has 0 bridgehead atoms. The predicted octanol–water partition coefficient (Wildman–Crippen LogP) is -0.761. The molecule has 6 heteroatoms. The molecule has 0 aromatic carbocycles. The van der Waals surface area contributed by atoms with Gasteiger partial charge in [0.25, 0.3) is 0 Å². The van der Waals surface area contributed by atoms with Crippen molar-refractivity contribution in [3.63, 3.8) is 0 Å². The molecular weight excluding hydrogens is 222 g/mol. The van der Waals surface area contributed by atoms with Crippen LogP contribution in [0.15, 0.2) is 0 Å². The smallest absolute Gasteiger partial charge is 0.239 e. The molecule has 0 aliphatic carbocycles. The molecule has 0 heterocycles. The maximum Gasteiger partial charge on any atom is 0.239 e. The number of carbonyl (C=O) groups is 2. The predicted molar refractivity (Wildman–Crippen MR) is 65.3 cm³/mol. The van der Waals surface area contributed by atoms with E-state index < -0.39 is 6.04 Å². The maximum atomic E-state index is 11.4. The van der Waals surface area contributed by atoms with Crippen LogP contribution in [0.3, 0.4) is 0 Å². The molecule has 1 unspecified atom stereocenters. The van der Waals surface area contributed by atoms with Gasteiger partial charge < -0.3 is 21.1 Å². The molecule has 0 saturated carbocycles. The molecule has 0 aliphatic heterocycles. The Labute approximate surface area is 102 Å². The Hall–Kier alpha value is -1.14. The Bertz CT molecular complexity index is 244. The SMILES string of the molecule is COCCC(N)C(=O)NCC(=O)NCC(C)C. The first-order valence-corrected chi connectivity index (χ1v) is 5.76. The van der Waals surface area contributed by atoms with Crippen molar-refractivity contribution < 1.29 is 14.3 Å². The molecule has 0 spiro atoms. The van der Waals surface area contributed by atoms with Gasteiger partial charge in [-0.15, -0.1) is 0 Å². The van der Waals surface area contributed by atoms with Gasteiger partial charge in [-0.25, -0.2) is 0 Å². The van der Waals surface area contributed by atoms with Gasteiger partial charge in [0.2, 0.25) is 11.8 Å². The van der Waals surface area contributed by atoms with Gasteiger partial charge in [0, 0.05) is 20.3 Å². The lowest BCUT2D eigenvalue weighted by Gasteiger charge is -2.12. The summed E-state index contributed by atoms with van der Waals surface area (Å²) in [6.45, 7) is 4.99. The zero-order valence-corrected chi connectivity index (χ0v) is 10.8. The first-order chi connectivity index (χ1) is 7.97. The summed E-state index contributed by atoms with van der Waals surface area (Å²) >= 11 is 0. The van der Waals surface area contributed by atoms with Crippen molar-refractivity contribution in [2.75, 3.05) is 26.8 Å². The average Bonchev–Trinajstić information content (AvgIpc) is 2.30. The van der Waals surface area contributed by atoms with Crippen molar-refractivity contribution in [1.29, 1.82) is 0 Å². The number of ether oxygens (including phenoxy) is 1. The minimum absolute atomic E-state index is 0.0355. The van der Waals surface area contributed by atoms with Gasteiger partial charge in [-0.2, -0.15) is 0 Å². The van der Waals surface area contributed by atoms with E-state index in [4.69, 9.17) is 10.5 Å². The molecule has 4 N–H and O–H groups in total. The summed E-state index contributed by atoms with van der Waals surface area (Å²) in [5, 5.41) is 5.18. The molecule has 6 nitrogen and oxygen atoms in total. The summed E-state index contributed by atoms with van der Waals surface area (Å²) < 4.78 is 4.81. The monoisotopic (exact) mass is 245 g/mol. The Morgan fingerprint density at radius 1 is 1.29 bits per heavy atom. The zero-order valence-electron chi connectivity index (χ0n) is 10.8. The average molecular weight is 245 g/mol. The van der Waals surface area contributed by atoms with Crippen LogP contribution in [0.4, 0.5) is 0 Å². The third-order valence-corrected chi connectivity index (χ3v) is 2.10. The highest BCUT2D eigenvalue weighted by Crippen LogP contribution is 1.89. The van der Waals surface area contributed by atoms with Crippen LogP contribution in [-0.4, -0.2) is 44.7 Å². The van der Waals surface area contributed by atoms with Crippen LogP contribution in [-0.2, 0) is 14.3 Å². The number of nitrogens with one attached hydrogen (secondary N) is 2. The number of methoxy groups -OCH3 is 1. The van der Waals surface area contributed by atoms with Crippen molar-refractivity contribution in [2.45, 2.75) is 26.3 Å². The molecule has 100 valence electrons. The lowest BCUT2D eigenvalue weighted by atomic mass is 10.2. The van der Waals surface area contributed by atoms with Gasteiger partial charge in [-0.3, -0.25) is 9.59 Å². The highest BCUT2D eigenvalue weighted by atomic mass is 16.5. The van der Waals surface area contributed by atoms with Gasteiger partial charge >= 0.3 is 0 Å². The molecule has 0 aromatic rings. The third-order valence-electron chi connectivity index (χ3n) is 2.10. The lowest BCUT2D eigenvalue weighted by Crippen LogP contribution is -2.45. The van der Waals surface area contributed by atoms with Crippen LogP contribution in [0.5, 0.6) is 0 Å². The number of amides is 2. The van der Waals surface area contributed by atoms with E-state index in [1.54, 1.807) is 7.11 Å². The van der Waals surface area contributed by atoms with Crippen molar-refractivity contribution in [1.82, 2.24) is 10.6 Å². The van der Waals surface area contributed by atoms with Crippen LogP contribution in [0.25, 0.3) is 0 Å². The van der Waals surface area contributed by atoms with Gasteiger partial charge in [-0.1, -0.05) is 13.8 Å². The van der Waals surface area contributed by atoms with Crippen molar-refractivity contribution in [3.8, 4) is 0 Å². The summed E-state index contributed by atoms with van der Waals surface area (Å²) in [7, 11) is 1.55. The fourth-order valence-electron chi connectivity index (χ4n) is 1.05. The normalized spacial score (nSPS) is 12.3. The van der Waals surface area contributed by atoms with Crippen LogP contribution in [0.2, 0.25) is 0 Å². The van der Waals surface area contributed by atoms with Crippen LogP contribution >= 0.6 is 0 Å². The molecule has 17 heavy (non-hydrogen) atoms. The summed E-state index contributed by atoms with van der Waals surface area (Å²) in [5.41, 5.74) is 5.59. The molecule has 2 amide bonds. The van der Waals surface area contributed by atoms with Gasteiger partial charge in [0.05, 0.1) is 12.6 Å². The largest absolute Gasteiger partial charge is 0.385 e. The van der Waals surface area contributed by atoms with Gasteiger partial charge in [0.1, 0.15) is 0 Å². The highest BCUT2D eigenvalue weighted by molar-refractivity contribution is 5.87. The fourth-order valence-corrected chi connectivity index (χ4v) is 1.05. The summed E-state index contributed by atoms with van der Waals surface area (Å²) in [5.74, 6) is -0.147. The Morgan fingerprint density at radius 2 is 1.94 bits per heavy atom. The number of nitrogens with two attached hydrogens (primary N) is 1. The lowest BCUT2D eigenvalue weighted by molar-refractivity contribution is -0.127. The second kappa shape index (κ2) is 8.95. The fraction of sp³-hybridized carbons (Fsp3) is 0.818. The zero-order chi connectivity index (χ0) is 13.3. The second-order valence-electron chi connectivity index (χ2n) is 4.30. The standard InChI is InChI=1S/C11H23N3O3/c1-8(2)6-13-10(15)7-14-11(16)9(12)4-5-17-3/h8-9H,4-7,12H2,1-3H3,(H,13,15)(H,14,16). The Kier molecular flexibility index (Phi) is 8.35. The molecule has 0 radical (unpaired) electrons. The first kappa shape index (κ1) is 15.9. The van der Waals surface area contributed by atoms with Crippen molar-refractivity contribution in [2.24, 2.45) is 11.7 Å². The maximum absolute atomic E-state index is 11.4. The highest BCUT2D eigenvalue weighted by Gasteiger charge is 2.13. The quantitative estimate of drug-likeness (QED) is 0.524. The Morgan fingerprint density at radius 3 is 2.47 bits per heavy atom. The summed E-state index contributed by atoms with van der Waals surface area (Å²) in [6.07, 6.45) is 0.440. The van der Waals surface area contributed by atoms with E-state index in [0.717, 1.165) is 0 Å². The molecule has 0 fully saturated rings. The number of hydrogen-bond donors (Lipinski definition) is 3. The number of rotatable bonds is 8. The minimum atomic E-state index is -0.632. The molecule has 0 saturated heterocycles. The summed E-state index contributed by atoms with van der Waals surface area (Å²) in [6, 6.07) is -0.632. The van der Waals surface area contributed by atoms with Gasteiger partial charge in [0.15, 0.2) is 0 Å². The van der Waals surface area contributed by atoms with Crippen molar-refractivity contribution >= 4 is 11.8 Å². The summed E-state index contributed by atoms with van der Waals surface area (Å²) in [4.78, 5) is 22.7. The second-order valence-corrected chi connectivity index (χ2v) is 4.30. The van der Waals surface area contributed by atoms with Crippen LogP contribution in [0, 0.1) is 5.92 Å². The van der Waals surface area contributed by atoms with E-state index >= 15 is 0 Å². The third kappa shape index (κ3) is 8.65. The first-order valence-electron chi connectivity index (χ1n) is 5.76. The molecule has 0 rings (SSSR count). The van der Waals surface area contributed by atoms with E-state index in [1.165, 1.54) is 0 Å². The molecule has 1 atom stereocenters.